The molecule has 1 amide bonds. The summed E-state index contributed by atoms with van der Waals surface area (Å²) in [6.45, 7) is 7.32. The van der Waals surface area contributed by atoms with Crippen molar-refractivity contribution < 1.29 is 4.79 Å². The lowest BCUT2D eigenvalue weighted by Crippen LogP contribution is -2.62. The molecule has 6 nitrogen and oxygen atoms in total. The number of anilines is 1. The van der Waals surface area contributed by atoms with Crippen LogP contribution in [0, 0.1) is 12.3 Å². The Balaban J connectivity index is 1.83. The maximum Gasteiger partial charge on any atom is 0.243 e. The minimum absolute atomic E-state index is 0.102. The van der Waals surface area contributed by atoms with Gasteiger partial charge in [0.2, 0.25) is 5.91 Å². The van der Waals surface area contributed by atoms with Gasteiger partial charge in [-0.15, -0.1) is 0 Å². The Hall–Kier alpha value is -3.02. The highest BCUT2D eigenvalue weighted by molar-refractivity contribution is 5.97. The van der Waals surface area contributed by atoms with Gasteiger partial charge in [-0.1, -0.05) is 37.6 Å². The number of aromatic amines is 1. The summed E-state index contributed by atoms with van der Waals surface area (Å²) >= 11 is 0. The first-order chi connectivity index (χ1) is 15.0. The first-order valence-electron chi connectivity index (χ1n) is 11.3. The van der Waals surface area contributed by atoms with Crippen molar-refractivity contribution in [2.24, 2.45) is 0 Å². The molecule has 1 fully saturated rings. The third kappa shape index (κ3) is 3.64. The molecule has 2 unspecified atom stereocenters. The fourth-order valence-electron chi connectivity index (χ4n) is 4.97. The van der Waals surface area contributed by atoms with E-state index in [0.717, 1.165) is 42.0 Å². The Kier molecular flexibility index (Phi) is 5.90. The van der Waals surface area contributed by atoms with Crippen molar-refractivity contribution in [3.63, 3.8) is 0 Å². The first-order valence-corrected chi connectivity index (χ1v) is 11.3. The van der Waals surface area contributed by atoms with Crippen molar-refractivity contribution >= 4 is 23.5 Å². The van der Waals surface area contributed by atoms with E-state index >= 15 is 0 Å². The minimum atomic E-state index is -0.237. The molecule has 0 spiro atoms. The van der Waals surface area contributed by atoms with Crippen LogP contribution >= 0.6 is 0 Å². The number of H-pyrrole nitrogens is 1. The number of nitrogens with zero attached hydrogens (tertiary/aromatic N) is 2. The SMILES string of the molecule is CC=Cc1c(C)[nH]c2c1CC1C(=N)N(CCCC)CC(=O)N1C2c1ccc(NC)cc1. The van der Waals surface area contributed by atoms with Crippen molar-refractivity contribution in [2.45, 2.75) is 52.1 Å². The number of hydrogen-bond acceptors (Lipinski definition) is 3. The van der Waals surface area contributed by atoms with E-state index in [1.54, 1.807) is 0 Å². The molecule has 31 heavy (non-hydrogen) atoms. The first kappa shape index (κ1) is 21.2. The van der Waals surface area contributed by atoms with Crippen LogP contribution in [0.3, 0.4) is 0 Å². The van der Waals surface area contributed by atoms with Crippen molar-refractivity contribution in [2.75, 3.05) is 25.5 Å². The van der Waals surface area contributed by atoms with E-state index in [1.807, 2.05) is 23.8 Å². The zero-order valence-corrected chi connectivity index (χ0v) is 19.0. The fraction of sp³-hybridized carbons (Fsp3) is 0.440. The monoisotopic (exact) mass is 419 g/mol. The molecule has 1 aromatic carbocycles. The quantitative estimate of drug-likeness (QED) is 0.652. The van der Waals surface area contributed by atoms with E-state index in [0.29, 0.717) is 12.3 Å². The van der Waals surface area contributed by atoms with E-state index < -0.39 is 0 Å². The summed E-state index contributed by atoms with van der Waals surface area (Å²) in [7, 11) is 1.90. The summed E-state index contributed by atoms with van der Waals surface area (Å²) in [6.07, 6.45) is 6.93. The lowest BCUT2D eigenvalue weighted by molar-refractivity contribution is -0.137. The molecule has 1 aromatic heterocycles. The molecule has 6 heteroatoms. The van der Waals surface area contributed by atoms with Crippen LogP contribution < -0.4 is 5.32 Å². The van der Waals surface area contributed by atoms with Gasteiger partial charge in [0.15, 0.2) is 0 Å². The Morgan fingerprint density at radius 1 is 1.29 bits per heavy atom. The Morgan fingerprint density at radius 2 is 2.03 bits per heavy atom. The molecule has 2 atom stereocenters. The summed E-state index contributed by atoms with van der Waals surface area (Å²) in [6, 6.07) is 7.84. The third-order valence-electron chi connectivity index (χ3n) is 6.56. The number of hydrogen-bond donors (Lipinski definition) is 3. The predicted octanol–water partition coefficient (Wildman–Crippen LogP) is 4.33. The summed E-state index contributed by atoms with van der Waals surface area (Å²) in [4.78, 5) is 21.0. The van der Waals surface area contributed by atoms with Gasteiger partial charge >= 0.3 is 0 Å². The van der Waals surface area contributed by atoms with Crippen molar-refractivity contribution in [3.8, 4) is 0 Å². The van der Waals surface area contributed by atoms with Crippen LogP contribution in [0.15, 0.2) is 30.3 Å². The largest absolute Gasteiger partial charge is 0.388 e. The van der Waals surface area contributed by atoms with Crippen LogP contribution in [-0.2, 0) is 11.2 Å². The molecule has 3 heterocycles. The molecular weight excluding hydrogens is 386 g/mol. The average Bonchev–Trinajstić information content (AvgIpc) is 3.09. The van der Waals surface area contributed by atoms with Crippen LogP contribution in [0.25, 0.3) is 6.08 Å². The molecule has 3 N–H and O–H groups in total. The number of benzene rings is 1. The van der Waals surface area contributed by atoms with Crippen LogP contribution in [0.4, 0.5) is 5.69 Å². The molecular formula is C25H33N5O. The second-order valence-corrected chi connectivity index (χ2v) is 8.51. The van der Waals surface area contributed by atoms with Crippen molar-refractivity contribution in [1.29, 1.82) is 5.41 Å². The number of allylic oxidation sites excluding steroid dienone is 1. The molecule has 1 saturated heterocycles. The van der Waals surface area contributed by atoms with E-state index in [9.17, 15) is 4.79 Å². The molecule has 2 aliphatic rings. The number of amides is 1. The normalized spacial score (nSPS) is 20.9. The molecule has 4 rings (SSSR count). The summed E-state index contributed by atoms with van der Waals surface area (Å²) in [5, 5.41) is 12.1. The standard InChI is InChI=1S/C25H33N5O/c1-5-7-13-29-15-22(31)30-21(25(29)26)14-20-19(8-6-2)16(3)28-23(20)24(30)17-9-11-18(27-4)12-10-17/h6,8-12,21,24,26-28H,5,7,13-15H2,1-4H3. The molecule has 0 aliphatic carbocycles. The summed E-state index contributed by atoms with van der Waals surface area (Å²) < 4.78 is 0. The molecule has 2 aliphatic heterocycles. The van der Waals surface area contributed by atoms with E-state index in [2.05, 4.69) is 60.6 Å². The van der Waals surface area contributed by atoms with Crippen LogP contribution in [0.1, 0.15) is 60.8 Å². The lowest BCUT2D eigenvalue weighted by atomic mass is 9.85. The zero-order chi connectivity index (χ0) is 22.1. The third-order valence-corrected chi connectivity index (χ3v) is 6.56. The molecule has 0 bridgehead atoms. The number of unbranched alkanes of at least 4 members (excludes halogenated alkanes) is 1. The number of aryl methyl sites for hydroxylation is 1. The Bertz CT molecular complexity index is 1000. The topological polar surface area (TPSA) is 75.2 Å². The van der Waals surface area contributed by atoms with E-state index in [-0.39, 0.29) is 24.5 Å². The maximum atomic E-state index is 13.4. The average molecular weight is 420 g/mol. The number of rotatable bonds is 6. The molecule has 2 aromatic rings. The van der Waals surface area contributed by atoms with Crippen molar-refractivity contribution in [1.82, 2.24) is 14.8 Å². The number of fused-ring (bicyclic) bond motifs is 2. The van der Waals surface area contributed by atoms with E-state index in [1.165, 1.54) is 11.1 Å². The lowest BCUT2D eigenvalue weighted by Gasteiger charge is -2.48. The van der Waals surface area contributed by atoms with Gasteiger partial charge in [-0.25, -0.2) is 0 Å². The fourth-order valence-corrected chi connectivity index (χ4v) is 4.97. The molecule has 0 radical (unpaired) electrons. The predicted molar refractivity (Wildman–Crippen MR) is 127 cm³/mol. The van der Waals surface area contributed by atoms with Gasteiger partial charge in [-0.2, -0.15) is 0 Å². The smallest absolute Gasteiger partial charge is 0.243 e. The van der Waals surface area contributed by atoms with Gasteiger partial charge in [0.25, 0.3) is 0 Å². The van der Waals surface area contributed by atoms with Crippen LogP contribution in [-0.4, -0.2) is 52.7 Å². The highest BCUT2D eigenvalue weighted by Gasteiger charge is 2.46. The van der Waals surface area contributed by atoms with Crippen LogP contribution in [0.2, 0.25) is 0 Å². The van der Waals surface area contributed by atoms with Gasteiger partial charge in [-0.3, -0.25) is 10.2 Å². The summed E-state index contributed by atoms with van der Waals surface area (Å²) in [5.41, 5.74) is 6.73. The van der Waals surface area contributed by atoms with Gasteiger partial charge in [-0.05, 0) is 49.1 Å². The second kappa shape index (κ2) is 8.61. The van der Waals surface area contributed by atoms with E-state index in [4.69, 9.17) is 5.41 Å². The zero-order valence-electron chi connectivity index (χ0n) is 19.0. The van der Waals surface area contributed by atoms with Gasteiger partial charge < -0.3 is 20.1 Å². The summed E-state index contributed by atoms with van der Waals surface area (Å²) in [5.74, 6) is 0.672. The second-order valence-electron chi connectivity index (χ2n) is 8.51. The molecule has 0 saturated carbocycles. The number of carbonyl (C=O) groups excluding carboxylic acids is 1. The van der Waals surface area contributed by atoms with Crippen LogP contribution in [0.5, 0.6) is 0 Å². The van der Waals surface area contributed by atoms with Gasteiger partial charge in [0, 0.05) is 37.1 Å². The number of amidine groups is 1. The Morgan fingerprint density at radius 3 is 2.68 bits per heavy atom. The van der Waals surface area contributed by atoms with Gasteiger partial charge in [0.05, 0.1) is 18.6 Å². The highest BCUT2D eigenvalue weighted by Crippen LogP contribution is 2.42. The number of piperazine rings is 1. The highest BCUT2D eigenvalue weighted by atomic mass is 16.2. The number of nitrogens with one attached hydrogen (secondary N) is 3. The molecule has 164 valence electrons. The van der Waals surface area contributed by atoms with Crippen molar-refractivity contribution in [3.05, 3.63) is 58.4 Å². The number of carbonyl (C=O) groups is 1. The minimum Gasteiger partial charge on any atom is -0.388 e. The maximum absolute atomic E-state index is 13.4. The Labute approximate surface area is 184 Å². The number of aromatic nitrogens is 1. The van der Waals surface area contributed by atoms with Gasteiger partial charge in [0.1, 0.15) is 5.84 Å².